The van der Waals surface area contributed by atoms with Crippen LogP contribution in [0.25, 0.3) is 28.0 Å². The summed E-state index contributed by atoms with van der Waals surface area (Å²) in [7, 11) is 0. The molecule has 2 bridgehead atoms. The van der Waals surface area contributed by atoms with Crippen molar-refractivity contribution in [2.24, 2.45) is 0 Å². The number of carbonyl (C=O) groups is 1. The van der Waals surface area contributed by atoms with Gasteiger partial charge in [0.25, 0.3) is 0 Å². The summed E-state index contributed by atoms with van der Waals surface area (Å²) in [5, 5.41) is 4.04. The second kappa shape index (κ2) is 10.4. The average Bonchev–Trinajstić information content (AvgIpc) is 3.79. The minimum Gasteiger partial charge on any atom is -0.490 e. The van der Waals surface area contributed by atoms with Gasteiger partial charge in [-0.2, -0.15) is 4.98 Å². The first-order chi connectivity index (χ1) is 20.8. The number of benzene rings is 2. The van der Waals surface area contributed by atoms with Crippen molar-refractivity contribution in [3.63, 3.8) is 0 Å². The molecule has 4 heterocycles. The van der Waals surface area contributed by atoms with Gasteiger partial charge in [0.2, 0.25) is 5.91 Å². The molecular weight excluding hydrogens is 571 g/mol. The second-order valence-corrected chi connectivity index (χ2v) is 11.7. The van der Waals surface area contributed by atoms with Crippen LogP contribution >= 0.6 is 11.6 Å². The Morgan fingerprint density at radius 1 is 1.19 bits per heavy atom. The Morgan fingerprint density at radius 3 is 2.79 bits per heavy atom. The van der Waals surface area contributed by atoms with E-state index in [4.69, 9.17) is 21.3 Å². The number of hydrogen-bond donors (Lipinski definition) is 1. The molecule has 0 radical (unpaired) electrons. The summed E-state index contributed by atoms with van der Waals surface area (Å²) in [5.41, 5.74) is 2.13. The molecule has 1 N–H and O–H groups in total. The van der Waals surface area contributed by atoms with Crippen LogP contribution in [0.1, 0.15) is 31.7 Å². The average molecular weight is 601 g/mol. The number of piperazine rings is 1. The summed E-state index contributed by atoms with van der Waals surface area (Å²) in [6.45, 7) is 9.30. The number of ether oxygens (including phenoxy) is 1. The largest absolute Gasteiger partial charge is 0.490 e. The van der Waals surface area contributed by atoms with Crippen molar-refractivity contribution < 1.29 is 13.9 Å². The van der Waals surface area contributed by atoms with Crippen LogP contribution in [0.4, 0.5) is 15.9 Å². The molecule has 3 aliphatic rings. The minimum atomic E-state index is -0.535. The van der Waals surface area contributed by atoms with Crippen LogP contribution < -0.4 is 20.6 Å². The van der Waals surface area contributed by atoms with Crippen LogP contribution in [-0.2, 0) is 4.79 Å². The van der Waals surface area contributed by atoms with Gasteiger partial charge in [-0.1, -0.05) is 50.2 Å². The number of aromatic nitrogens is 3. The molecule has 2 aromatic carbocycles. The van der Waals surface area contributed by atoms with Gasteiger partial charge in [-0.3, -0.25) is 4.79 Å². The number of fused-ring (bicyclic) bond motifs is 6. The molecule has 9 nitrogen and oxygen atoms in total. The van der Waals surface area contributed by atoms with Gasteiger partial charge >= 0.3 is 5.69 Å². The first kappa shape index (κ1) is 27.4. The molecule has 1 aliphatic carbocycles. The van der Waals surface area contributed by atoms with Crippen LogP contribution in [0.3, 0.4) is 0 Å². The van der Waals surface area contributed by atoms with Gasteiger partial charge in [0.15, 0.2) is 5.65 Å². The highest BCUT2D eigenvalue weighted by atomic mass is 35.5. The van der Waals surface area contributed by atoms with Crippen molar-refractivity contribution in [1.82, 2.24) is 19.4 Å². The number of pyridine rings is 1. The summed E-state index contributed by atoms with van der Waals surface area (Å²) in [6.07, 6.45) is 2.08. The predicted octanol–water partition coefficient (Wildman–Crippen LogP) is 5.14. The Balaban J connectivity index is 1.53. The number of carbonyl (C=O) groups excluding carboxylic acids is 1. The van der Waals surface area contributed by atoms with Gasteiger partial charge in [-0.25, -0.2) is 18.7 Å². The summed E-state index contributed by atoms with van der Waals surface area (Å²) in [6, 6.07) is 12.2. The smallest absolute Gasteiger partial charge is 0.355 e. The van der Waals surface area contributed by atoms with Gasteiger partial charge in [-0.15, -0.1) is 0 Å². The molecule has 0 unspecified atom stereocenters. The Kier molecular flexibility index (Phi) is 6.61. The number of rotatable bonds is 3. The zero-order chi connectivity index (χ0) is 30.0. The van der Waals surface area contributed by atoms with Gasteiger partial charge in [0, 0.05) is 25.3 Å². The van der Waals surface area contributed by atoms with Crippen molar-refractivity contribution in [1.29, 1.82) is 0 Å². The Bertz CT molecular complexity index is 1870. The first-order valence-electron chi connectivity index (χ1n) is 14.4. The lowest BCUT2D eigenvalue weighted by Crippen LogP contribution is -2.49. The molecule has 2 aliphatic heterocycles. The number of hydrogen-bond acceptors (Lipinski definition) is 7. The van der Waals surface area contributed by atoms with Crippen LogP contribution in [0.15, 0.2) is 59.9 Å². The Labute approximate surface area is 252 Å². The van der Waals surface area contributed by atoms with E-state index >= 15 is 4.39 Å². The van der Waals surface area contributed by atoms with E-state index in [2.05, 4.69) is 21.8 Å². The SMILES string of the molecule is C=CC(=O)N1CCN(c2nc(=O)n3c4nc(c(Cl)cc24)-c2c(F)cccc2NCCOc2cccc(C(C)C)c2-3)[C@@H]2C[C@@H]21. The van der Waals surface area contributed by atoms with Crippen molar-refractivity contribution in [3.8, 4) is 22.7 Å². The molecular formula is C32H30ClFN6O3. The highest BCUT2D eigenvalue weighted by Crippen LogP contribution is 2.43. The normalized spacial score (nSPS) is 19.0. The number of anilines is 2. The zero-order valence-corrected chi connectivity index (χ0v) is 24.6. The van der Waals surface area contributed by atoms with E-state index in [9.17, 15) is 9.59 Å². The van der Waals surface area contributed by atoms with Gasteiger partial charge in [0.1, 0.15) is 24.0 Å². The minimum absolute atomic E-state index is 0.00290. The number of para-hydroxylation sites is 1. The van der Waals surface area contributed by atoms with Crippen molar-refractivity contribution in [2.45, 2.75) is 38.3 Å². The lowest BCUT2D eigenvalue weighted by Gasteiger charge is -2.35. The Morgan fingerprint density at radius 2 is 2.00 bits per heavy atom. The number of amides is 1. The quantitative estimate of drug-likeness (QED) is 0.325. The second-order valence-electron chi connectivity index (χ2n) is 11.3. The third kappa shape index (κ3) is 4.43. The molecule has 11 heteroatoms. The molecule has 2 fully saturated rings. The van der Waals surface area contributed by atoms with E-state index in [0.29, 0.717) is 53.6 Å². The van der Waals surface area contributed by atoms with Crippen LogP contribution in [0.2, 0.25) is 5.02 Å². The number of nitrogens with one attached hydrogen (secondary N) is 1. The lowest BCUT2D eigenvalue weighted by atomic mass is 10.00. The van der Waals surface area contributed by atoms with E-state index in [1.54, 1.807) is 18.2 Å². The number of nitrogens with zero attached hydrogens (tertiary/aromatic N) is 5. The molecule has 7 rings (SSSR count). The lowest BCUT2D eigenvalue weighted by molar-refractivity contribution is -0.126. The van der Waals surface area contributed by atoms with Crippen LogP contribution in [0, 0.1) is 5.82 Å². The maximum absolute atomic E-state index is 15.5. The van der Waals surface area contributed by atoms with Crippen molar-refractivity contribution in [2.75, 3.05) is 36.5 Å². The van der Waals surface area contributed by atoms with Crippen LogP contribution in [-0.4, -0.2) is 63.7 Å². The van der Waals surface area contributed by atoms with Crippen LogP contribution in [0.5, 0.6) is 5.75 Å². The topological polar surface area (TPSA) is 92.6 Å². The third-order valence-electron chi connectivity index (χ3n) is 8.44. The van der Waals surface area contributed by atoms with Gasteiger partial charge < -0.3 is 19.9 Å². The molecule has 2 aromatic heterocycles. The summed E-state index contributed by atoms with van der Waals surface area (Å²) >= 11 is 6.91. The monoisotopic (exact) mass is 600 g/mol. The first-order valence-corrected chi connectivity index (χ1v) is 14.8. The Hall–Kier alpha value is -4.44. The molecule has 4 aromatic rings. The predicted molar refractivity (Wildman–Crippen MR) is 165 cm³/mol. The molecule has 1 saturated carbocycles. The number of halogens is 2. The molecule has 43 heavy (non-hydrogen) atoms. The van der Waals surface area contributed by atoms with E-state index in [-0.39, 0.29) is 46.8 Å². The van der Waals surface area contributed by atoms with E-state index in [1.165, 1.54) is 16.7 Å². The van der Waals surface area contributed by atoms with E-state index in [1.807, 2.05) is 36.9 Å². The fraction of sp³-hybridized carbons (Fsp3) is 0.312. The van der Waals surface area contributed by atoms with Crippen molar-refractivity contribution in [3.05, 3.63) is 82.0 Å². The molecule has 220 valence electrons. The summed E-state index contributed by atoms with van der Waals surface area (Å²) < 4.78 is 23.2. The summed E-state index contributed by atoms with van der Waals surface area (Å²) in [4.78, 5) is 40.1. The van der Waals surface area contributed by atoms with Gasteiger partial charge in [0.05, 0.1) is 39.4 Å². The van der Waals surface area contributed by atoms with E-state index in [0.717, 1.165) is 12.0 Å². The van der Waals surface area contributed by atoms with Crippen molar-refractivity contribution >= 4 is 40.0 Å². The highest BCUT2D eigenvalue weighted by molar-refractivity contribution is 6.34. The maximum Gasteiger partial charge on any atom is 0.355 e. The third-order valence-corrected chi connectivity index (χ3v) is 8.73. The molecule has 0 spiro atoms. The molecule has 1 saturated heterocycles. The fourth-order valence-electron chi connectivity index (χ4n) is 6.36. The standard InChI is InChI=1S/C32H30ClFN6O3/c1-4-26(41)38-12-13-39(24-16-23(24)38)30-19-15-20(33)28-27-21(34)8-6-9-22(27)35-11-14-43-25-10-5-7-18(17(2)3)29(25)40(31(19)36-28)32(42)37-30/h4-10,15,17,23-24,35H,1,11-14,16H2,2-3H3/t23-,24+/m0/s1. The molecule has 1 amide bonds. The summed E-state index contributed by atoms with van der Waals surface area (Å²) in [5.74, 6) is 0.399. The fourth-order valence-corrected chi connectivity index (χ4v) is 6.61. The zero-order valence-electron chi connectivity index (χ0n) is 23.8. The highest BCUT2D eigenvalue weighted by Gasteiger charge is 2.51. The van der Waals surface area contributed by atoms with Gasteiger partial charge in [-0.05, 0) is 48.2 Å². The molecule has 2 atom stereocenters. The maximum atomic E-state index is 15.5. The van der Waals surface area contributed by atoms with E-state index < -0.39 is 11.5 Å².